The van der Waals surface area contributed by atoms with Crippen molar-refractivity contribution in [2.75, 3.05) is 0 Å². The van der Waals surface area contributed by atoms with E-state index >= 15 is 0 Å². The summed E-state index contributed by atoms with van der Waals surface area (Å²) in [7, 11) is -5.82. The highest BCUT2D eigenvalue weighted by Crippen LogP contribution is 2.31. The van der Waals surface area contributed by atoms with Gasteiger partial charge in [0.15, 0.2) is 0 Å². The third-order valence-electron chi connectivity index (χ3n) is 3.14. The topological polar surface area (TPSA) is 82.0 Å². The first-order valence-electron chi connectivity index (χ1n) is 7.12. The lowest BCUT2D eigenvalue weighted by molar-refractivity contribution is -0.0500. The first-order valence-corrected chi connectivity index (χ1v) is 8.53. The molecule has 0 unspecified atom stereocenters. The molecule has 0 atom stereocenters. The summed E-state index contributed by atoms with van der Waals surface area (Å²) >= 11 is 0. The molecule has 0 radical (unpaired) electrons. The second-order valence-electron chi connectivity index (χ2n) is 4.99. The molecular formula is C16H10F3N3O3S. The van der Waals surface area contributed by atoms with Gasteiger partial charge < -0.3 is 4.18 Å². The Bertz CT molecular complexity index is 953. The van der Waals surface area contributed by atoms with Crippen molar-refractivity contribution in [3.05, 3.63) is 60.9 Å². The minimum absolute atomic E-state index is 0.140. The van der Waals surface area contributed by atoms with Gasteiger partial charge in [-0.3, -0.25) is 9.97 Å². The second kappa shape index (κ2) is 6.71. The number of halogens is 3. The maximum Gasteiger partial charge on any atom is 0.534 e. The van der Waals surface area contributed by atoms with E-state index in [4.69, 9.17) is 0 Å². The van der Waals surface area contributed by atoms with Crippen LogP contribution < -0.4 is 4.18 Å². The Hall–Kier alpha value is -3.01. The molecular weight excluding hydrogens is 371 g/mol. The lowest BCUT2D eigenvalue weighted by atomic mass is 10.2. The highest BCUT2D eigenvalue weighted by Gasteiger charge is 2.48. The van der Waals surface area contributed by atoms with Crippen LogP contribution in [0.5, 0.6) is 5.75 Å². The molecule has 0 bridgehead atoms. The fourth-order valence-electron chi connectivity index (χ4n) is 2.02. The Kier molecular flexibility index (Phi) is 4.60. The van der Waals surface area contributed by atoms with Crippen molar-refractivity contribution in [3.63, 3.8) is 0 Å². The first kappa shape index (κ1) is 17.8. The molecule has 0 aliphatic carbocycles. The molecule has 0 amide bonds. The predicted molar refractivity (Wildman–Crippen MR) is 86.3 cm³/mol. The van der Waals surface area contributed by atoms with Crippen LogP contribution in [-0.4, -0.2) is 28.9 Å². The first-order chi connectivity index (χ1) is 12.3. The van der Waals surface area contributed by atoms with E-state index in [2.05, 4.69) is 19.1 Å². The van der Waals surface area contributed by atoms with Gasteiger partial charge in [-0.15, -0.1) is 0 Å². The van der Waals surface area contributed by atoms with E-state index in [0.29, 0.717) is 11.4 Å². The molecule has 0 saturated carbocycles. The molecule has 10 heteroatoms. The van der Waals surface area contributed by atoms with Gasteiger partial charge in [0.2, 0.25) is 0 Å². The monoisotopic (exact) mass is 381 g/mol. The number of aromatic nitrogens is 3. The van der Waals surface area contributed by atoms with E-state index < -0.39 is 21.4 Å². The van der Waals surface area contributed by atoms with Crippen LogP contribution in [0.15, 0.2) is 60.9 Å². The molecule has 3 aromatic rings. The highest BCUT2D eigenvalue weighted by molar-refractivity contribution is 7.88. The standard InChI is InChI=1S/C16H10F3N3O3S/c17-16(18,19)26(23,24)25-11-9-14(12-5-1-3-7-20-12)22-15(10-11)13-6-2-4-8-21-13/h1-10H. The smallest absolute Gasteiger partial charge is 0.376 e. The van der Waals surface area contributed by atoms with Crippen LogP contribution in [0.1, 0.15) is 0 Å². The van der Waals surface area contributed by atoms with Crippen molar-refractivity contribution in [2.24, 2.45) is 0 Å². The molecule has 0 N–H and O–H groups in total. The van der Waals surface area contributed by atoms with Crippen molar-refractivity contribution in [2.45, 2.75) is 5.51 Å². The third kappa shape index (κ3) is 3.80. The Balaban J connectivity index is 2.13. The van der Waals surface area contributed by atoms with E-state index in [1.54, 1.807) is 36.4 Å². The molecule has 3 aromatic heterocycles. The van der Waals surface area contributed by atoms with Crippen molar-refractivity contribution in [1.82, 2.24) is 15.0 Å². The summed E-state index contributed by atoms with van der Waals surface area (Å²) in [5.41, 5.74) is -4.60. The molecule has 0 aromatic carbocycles. The SMILES string of the molecule is O=S(=O)(Oc1cc(-c2ccccn2)nc(-c2ccccn2)c1)C(F)(F)F. The molecule has 3 rings (SSSR count). The zero-order valence-corrected chi connectivity index (χ0v) is 13.7. The second-order valence-corrected chi connectivity index (χ2v) is 6.52. The highest BCUT2D eigenvalue weighted by atomic mass is 32.2. The van der Waals surface area contributed by atoms with Crippen LogP contribution in [0, 0.1) is 0 Å². The molecule has 0 saturated heterocycles. The quantitative estimate of drug-likeness (QED) is 0.509. The Labute approximate surface area is 146 Å². The van der Waals surface area contributed by atoms with E-state index in [9.17, 15) is 21.6 Å². The minimum atomic E-state index is -5.82. The van der Waals surface area contributed by atoms with Gasteiger partial charge in [-0.05, 0) is 24.3 Å². The van der Waals surface area contributed by atoms with Crippen molar-refractivity contribution in [1.29, 1.82) is 0 Å². The van der Waals surface area contributed by atoms with Crippen LogP contribution >= 0.6 is 0 Å². The molecule has 26 heavy (non-hydrogen) atoms. The molecule has 134 valence electrons. The molecule has 0 spiro atoms. The van der Waals surface area contributed by atoms with E-state index in [1.165, 1.54) is 12.4 Å². The Morgan fingerprint density at radius 3 is 1.69 bits per heavy atom. The van der Waals surface area contributed by atoms with Crippen molar-refractivity contribution in [3.8, 4) is 28.5 Å². The average Bonchev–Trinajstić information content (AvgIpc) is 2.61. The predicted octanol–water partition coefficient (Wildman–Crippen LogP) is 3.43. The van der Waals surface area contributed by atoms with Gasteiger partial charge in [0.1, 0.15) is 5.75 Å². The minimum Gasteiger partial charge on any atom is -0.376 e. The van der Waals surface area contributed by atoms with E-state index in [1.807, 2.05) is 0 Å². The molecule has 0 fully saturated rings. The number of alkyl halides is 3. The van der Waals surface area contributed by atoms with E-state index in [0.717, 1.165) is 12.1 Å². The maximum atomic E-state index is 12.6. The summed E-state index contributed by atoms with van der Waals surface area (Å²) in [6.07, 6.45) is 2.94. The van der Waals surface area contributed by atoms with Gasteiger partial charge in [0.25, 0.3) is 0 Å². The number of hydrogen-bond donors (Lipinski definition) is 0. The van der Waals surface area contributed by atoms with E-state index in [-0.39, 0.29) is 11.4 Å². The summed E-state index contributed by atoms with van der Waals surface area (Å²) in [5, 5.41) is 0. The number of hydrogen-bond acceptors (Lipinski definition) is 6. The molecule has 0 aliphatic rings. The lowest BCUT2D eigenvalue weighted by Gasteiger charge is -2.12. The number of nitrogens with zero attached hydrogens (tertiary/aromatic N) is 3. The van der Waals surface area contributed by atoms with Crippen LogP contribution in [0.4, 0.5) is 13.2 Å². The van der Waals surface area contributed by atoms with Crippen LogP contribution in [-0.2, 0) is 10.1 Å². The largest absolute Gasteiger partial charge is 0.534 e. The normalized spacial score (nSPS) is 12.0. The zero-order valence-electron chi connectivity index (χ0n) is 12.9. The van der Waals surface area contributed by atoms with Gasteiger partial charge in [-0.25, -0.2) is 4.98 Å². The fraction of sp³-hybridized carbons (Fsp3) is 0.0625. The van der Waals surface area contributed by atoms with Gasteiger partial charge in [-0.1, -0.05) is 12.1 Å². The van der Waals surface area contributed by atoms with Crippen molar-refractivity contribution < 1.29 is 25.8 Å². The maximum absolute atomic E-state index is 12.6. The Morgan fingerprint density at radius 1 is 0.808 bits per heavy atom. The van der Waals surface area contributed by atoms with Gasteiger partial charge >= 0.3 is 15.6 Å². The van der Waals surface area contributed by atoms with Gasteiger partial charge in [-0.2, -0.15) is 21.6 Å². The van der Waals surface area contributed by atoms with Crippen molar-refractivity contribution >= 4 is 10.1 Å². The number of pyridine rings is 3. The summed E-state index contributed by atoms with van der Waals surface area (Å²) in [6.45, 7) is 0. The molecule has 3 heterocycles. The molecule has 0 aliphatic heterocycles. The van der Waals surface area contributed by atoms with Crippen LogP contribution in [0.3, 0.4) is 0 Å². The summed E-state index contributed by atoms with van der Waals surface area (Å²) in [5.74, 6) is -0.543. The van der Waals surface area contributed by atoms with Gasteiger partial charge in [0.05, 0.1) is 22.8 Å². The summed E-state index contributed by atoms with van der Waals surface area (Å²) < 4.78 is 64.7. The zero-order chi connectivity index (χ0) is 18.8. The summed E-state index contributed by atoms with van der Waals surface area (Å²) in [4.78, 5) is 12.4. The lowest BCUT2D eigenvalue weighted by Crippen LogP contribution is -2.28. The van der Waals surface area contributed by atoms with Gasteiger partial charge in [0, 0.05) is 24.5 Å². The Morgan fingerprint density at radius 2 is 1.31 bits per heavy atom. The third-order valence-corrected chi connectivity index (χ3v) is 4.12. The van der Waals surface area contributed by atoms with Crippen LogP contribution in [0.25, 0.3) is 22.8 Å². The van der Waals surface area contributed by atoms with Crippen LogP contribution in [0.2, 0.25) is 0 Å². The number of rotatable bonds is 4. The average molecular weight is 381 g/mol. The fourth-order valence-corrected chi connectivity index (χ4v) is 2.46. The molecule has 6 nitrogen and oxygen atoms in total. The summed E-state index contributed by atoms with van der Waals surface area (Å²) in [6, 6.07) is 11.9.